The number of hydrogen-bond acceptors (Lipinski definition) is 3. The zero-order valence-electron chi connectivity index (χ0n) is 31.1. The van der Waals surface area contributed by atoms with Gasteiger partial charge >= 0.3 is 0 Å². The van der Waals surface area contributed by atoms with E-state index in [4.69, 9.17) is 9.97 Å². The predicted octanol–water partition coefficient (Wildman–Crippen LogP) is 14.6. The summed E-state index contributed by atoms with van der Waals surface area (Å²) in [4.78, 5) is 10.5. The number of benzene rings is 8. The molecule has 10 aromatic rings. The fourth-order valence-corrected chi connectivity index (χ4v) is 10.0. The van der Waals surface area contributed by atoms with Gasteiger partial charge in [-0.1, -0.05) is 159 Å². The van der Waals surface area contributed by atoms with E-state index >= 15 is 0 Å². The molecule has 2 nitrogen and oxygen atoms in total. The molecular weight excluding hydrogens is 697 g/mol. The van der Waals surface area contributed by atoms with Crippen molar-refractivity contribution in [3.63, 3.8) is 0 Å². The minimum Gasteiger partial charge on any atom is -0.228 e. The molecule has 0 amide bonds. The Balaban J connectivity index is 1.06. The summed E-state index contributed by atoms with van der Waals surface area (Å²) >= 11 is 1.82. The molecule has 0 spiro atoms. The van der Waals surface area contributed by atoms with E-state index in [-0.39, 0.29) is 5.41 Å². The van der Waals surface area contributed by atoms with Gasteiger partial charge in [0.2, 0.25) is 0 Å². The third-order valence-electron chi connectivity index (χ3n) is 11.7. The van der Waals surface area contributed by atoms with E-state index in [0.29, 0.717) is 0 Å². The van der Waals surface area contributed by atoms with Gasteiger partial charge in [0.05, 0.1) is 11.4 Å². The molecule has 3 heteroatoms. The van der Waals surface area contributed by atoms with Crippen molar-refractivity contribution >= 4 is 42.3 Å². The Kier molecular flexibility index (Phi) is 7.42. The van der Waals surface area contributed by atoms with Crippen molar-refractivity contribution in [1.29, 1.82) is 0 Å². The van der Waals surface area contributed by atoms with Crippen LogP contribution in [0.3, 0.4) is 0 Å². The summed E-state index contributed by atoms with van der Waals surface area (Å²) in [5.41, 5.74) is 15.4. The first-order valence-electron chi connectivity index (χ1n) is 19.2. The van der Waals surface area contributed by atoms with Gasteiger partial charge in [-0.05, 0) is 91.7 Å². The smallest absolute Gasteiger partial charge is 0.161 e. The minimum absolute atomic E-state index is 0.0379. The first kappa shape index (κ1) is 32.7. The lowest BCUT2D eigenvalue weighted by molar-refractivity contribution is 0.660. The molecule has 0 fully saturated rings. The largest absolute Gasteiger partial charge is 0.228 e. The SMILES string of the molecule is CC1(C)c2ccccc2-c2ccc(-c3ccc4ccc(-c5ccc(-c6nc(-c7ccccc7)cc(-c7ccccc7)n6)c6sc7ccccc7c56)cc4c3)cc21. The van der Waals surface area contributed by atoms with Gasteiger partial charge in [0.25, 0.3) is 0 Å². The molecule has 2 heterocycles. The lowest BCUT2D eigenvalue weighted by atomic mass is 9.81. The number of hydrogen-bond donors (Lipinski definition) is 0. The Morgan fingerprint density at radius 3 is 1.75 bits per heavy atom. The molecule has 264 valence electrons. The summed E-state index contributed by atoms with van der Waals surface area (Å²) in [6.07, 6.45) is 0. The summed E-state index contributed by atoms with van der Waals surface area (Å²) in [7, 11) is 0. The Morgan fingerprint density at radius 2 is 0.982 bits per heavy atom. The van der Waals surface area contributed by atoms with Gasteiger partial charge in [0.1, 0.15) is 0 Å². The molecule has 1 aliphatic carbocycles. The third kappa shape index (κ3) is 5.23. The molecule has 0 atom stereocenters. The monoisotopic (exact) mass is 732 g/mol. The highest BCUT2D eigenvalue weighted by Gasteiger charge is 2.35. The molecule has 0 radical (unpaired) electrons. The predicted molar refractivity (Wildman–Crippen MR) is 237 cm³/mol. The first-order chi connectivity index (χ1) is 27.5. The number of rotatable bonds is 5. The molecule has 56 heavy (non-hydrogen) atoms. The van der Waals surface area contributed by atoms with Crippen molar-refractivity contribution < 1.29 is 0 Å². The second-order valence-corrected chi connectivity index (χ2v) is 16.4. The summed E-state index contributed by atoms with van der Waals surface area (Å²) in [6.45, 7) is 4.70. The molecular formula is C53H36N2S. The summed E-state index contributed by atoms with van der Waals surface area (Å²) < 4.78 is 2.45. The van der Waals surface area contributed by atoms with Crippen LogP contribution < -0.4 is 0 Å². The summed E-state index contributed by atoms with van der Waals surface area (Å²) in [5, 5.41) is 4.96. The number of nitrogens with zero attached hydrogens (tertiary/aromatic N) is 2. The van der Waals surface area contributed by atoms with Crippen LogP contribution in [0.25, 0.3) is 98.2 Å². The van der Waals surface area contributed by atoms with Crippen LogP contribution >= 0.6 is 11.3 Å². The molecule has 2 aromatic heterocycles. The standard InChI is InChI=1S/C53H36N2S/c1-53(2)45-19-11-9-17-41(45)42-26-25-37(31-46(42)53)36-23-21-33-22-24-38(30-39(33)29-36)40-27-28-44(51-50(40)43-18-10-12-20-49(43)56-51)52-54-47(34-13-5-3-6-14-34)32-48(55-52)35-15-7-4-8-16-35/h3-32H,1-2H3. The van der Waals surface area contributed by atoms with Crippen molar-refractivity contribution in [2.45, 2.75) is 19.3 Å². The maximum absolute atomic E-state index is 5.24. The van der Waals surface area contributed by atoms with Gasteiger partial charge < -0.3 is 0 Å². The molecule has 0 aliphatic heterocycles. The molecule has 0 bridgehead atoms. The van der Waals surface area contributed by atoms with Gasteiger partial charge in [0, 0.05) is 42.3 Å². The van der Waals surface area contributed by atoms with E-state index in [1.807, 2.05) is 23.5 Å². The van der Waals surface area contributed by atoms with E-state index in [1.54, 1.807) is 0 Å². The van der Waals surface area contributed by atoms with Crippen LogP contribution in [0.5, 0.6) is 0 Å². The molecule has 11 rings (SSSR count). The first-order valence-corrected chi connectivity index (χ1v) is 20.0. The van der Waals surface area contributed by atoms with Gasteiger partial charge in [-0.25, -0.2) is 9.97 Å². The van der Waals surface area contributed by atoms with Crippen LogP contribution in [0.1, 0.15) is 25.0 Å². The van der Waals surface area contributed by atoms with Crippen LogP contribution in [0.4, 0.5) is 0 Å². The molecule has 0 unspecified atom stereocenters. The zero-order valence-corrected chi connectivity index (χ0v) is 31.9. The fourth-order valence-electron chi connectivity index (χ4n) is 8.80. The van der Waals surface area contributed by atoms with Crippen LogP contribution in [0, 0.1) is 0 Å². The summed E-state index contributed by atoms with van der Waals surface area (Å²) in [5.74, 6) is 0.733. The molecule has 0 N–H and O–H groups in total. The van der Waals surface area contributed by atoms with Crippen molar-refractivity contribution in [2.24, 2.45) is 0 Å². The second kappa shape index (κ2) is 12.7. The highest BCUT2D eigenvalue weighted by molar-refractivity contribution is 7.26. The normalized spacial score (nSPS) is 13.0. The van der Waals surface area contributed by atoms with Crippen LogP contribution in [0.15, 0.2) is 182 Å². The average molecular weight is 733 g/mol. The Hall–Kier alpha value is -6.68. The Morgan fingerprint density at radius 1 is 0.411 bits per heavy atom. The molecule has 0 saturated heterocycles. The fraction of sp³-hybridized carbons (Fsp3) is 0.0566. The highest BCUT2D eigenvalue weighted by Crippen LogP contribution is 2.50. The van der Waals surface area contributed by atoms with E-state index in [9.17, 15) is 0 Å². The topological polar surface area (TPSA) is 25.8 Å². The lowest BCUT2D eigenvalue weighted by Gasteiger charge is -2.22. The van der Waals surface area contributed by atoms with Gasteiger partial charge in [0.15, 0.2) is 5.82 Å². The molecule has 8 aromatic carbocycles. The van der Waals surface area contributed by atoms with Crippen molar-refractivity contribution in [1.82, 2.24) is 9.97 Å². The van der Waals surface area contributed by atoms with Gasteiger partial charge in [-0.2, -0.15) is 0 Å². The van der Waals surface area contributed by atoms with E-state index in [2.05, 4.69) is 184 Å². The Bertz CT molecular complexity index is 3100. The zero-order chi connectivity index (χ0) is 37.4. The van der Waals surface area contributed by atoms with Crippen molar-refractivity contribution in [3.05, 3.63) is 193 Å². The molecule has 0 saturated carbocycles. The Labute approximate surface area is 330 Å². The van der Waals surface area contributed by atoms with Gasteiger partial charge in [-0.3, -0.25) is 0 Å². The maximum atomic E-state index is 5.24. The average Bonchev–Trinajstić information content (AvgIpc) is 3.76. The van der Waals surface area contributed by atoms with E-state index in [1.165, 1.54) is 75.5 Å². The van der Waals surface area contributed by atoms with Crippen LogP contribution in [0.2, 0.25) is 0 Å². The summed E-state index contributed by atoms with van der Waals surface area (Å²) in [6, 6.07) is 65.9. The number of aromatic nitrogens is 2. The molecule has 1 aliphatic rings. The third-order valence-corrected chi connectivity index (χ3v) is 12.9. The van der Waals surface area contributed by atoms with E-state index in [0.717, 1.165) is 33.9 Å². The minimum atomic E-state index is -0.0379. The lowest BCUT2D eigenvalue weighted by Crippen LogP contribution is -2.14. The van der Waals surface area contributed by atoms with Crippen molar-refractivity contribution in [3.8, 4) is 67.3 Å². The van der Waals surface area contributed by atoms with Crippen LogP contribution in [-0.4, -0.2) is 9.97 Å². The maximum Gasteiger partial charge on any atom is 0.161 e. The highest BCUT2D eigenvalue weighted by atomic mass is 32.1. The number of fused-ring (bicyclic) bond motifs is 7. The van der Waals surface area contributed by atoms with E-state index < -0.39 is 0 Å². The van der Waals surface area contributed by atoms with Crippen LogP contribution in [-0.2, 0) is 5.41 Å². The van der Waals surface area contributed by atoms with Gasteiger partial charge in [-0.15, -0.1) is 11.3 Å². The quantitative estimate of drug-likeness (QED) is 0.176. The van der Waals surface area contributed by atoms with Crippen molar-refractivity contribution in [2.75, 3.05) is 0 Å². The second-order valence-electron chi connectivity index (χ2n) is 15.4. The number of thiophene rings is 1.